The van der Waals surface area contributed by atoms with Crippen LogP contribution in [0.1, 0.15) is 52.4 Å². The van der Waals surface area contributed by atoms with Gasteiger partial charge in [0, 0.05) is 34.2 Å². The highest BCUT2D eigenvalue weighted by molar-refractivity contribution is 5.84. The molecule has 1 rings (SSSR count). The van der Waals surface area contributed by atoms with Gasteiger partial charge in [0.25, 0.3) is 0 Å². The van der Waals surface area contributed by atoms with E-state index in [1.165, 1.54) is 6.42 Å². The van der Waals surface area contributed by atoms with Gasteiger partial charge >= 0.3 is 0 Å². The Morgan fingerprint density at radius 3 is 2.32 bits per heavy atom. The molecule has 0 heterocycles. The van der Waals surface area contributed by atoms with Crippen molar-refractivity contribution in [2.45, 2.75) is 52.4 Å². The highest BCUT2D eigenvalue weighted by Gasteiger charge is 2.42. The number of aliphatic imine (C=N–C) groups is 1. The zero-order chi connectivity index (χ0) is 16.6. The quantitative estimate of drug-likeness (QED) is 0.580. The first-order valence-corrected chi connectivity index (χ1v) is 8.68. The summed E-state index contributed by atoms with van der Waals surface area (Å²) in [7, 11) is 5.78. The van der Waals surface area contributed by atoms with Crippen LogP contribution in [0.3, 0.4) is 0 Å². The van der Waals surface area contributed by atoms with Crippen molar-refractivity contribution in [3.63, 3.8) is 0 Å². The molecule has 0 saturated heterocycles. The van der Waals surface area contributed by atoms with Crippen LogP contribution < -0.4 is 5.32 Å². The predicted octanol–water partition coefficient (Wildman–Crippen LogP) is 2.33. The molecular weight excluding hydrogens is 276 g/mol. The fraction of sp³-hybridized carbons (Fsp3) is 0.882. The summed E-state index contributed by atoms with van der Waals surface area (Å²) in [6.07, 6.45) is 6.53. The Morgan fingerprint density at radius 1 is 1.18 bits per heavy atom. The lowest BCUT2D eigenvalue weighted by atomic mass is 9.85. The summed E-state index contributed by atoms with van der Waals surface area (Å²) in [5.41, 5.74) is -0.282. The van der Waals surface area contributed by atoms with E-state index in [0.717, 1.165) is 51.2 Å². The molecule has 1 aliphatic carbocycles. The van der Waals surface area contributed by atoms with Crippen molar-refractivity contribution < 1.29 is 4.79 Å². The Bertz CT molecular complexity index is 373. The van der Waals surface area contributed by atoms with E-state index >= 15 is 0 Å². The monoisotopic (exact) mass is 310 g/mol. The minimum atomic E-state index is -0.282. The van der Waals surface area contributed by atoms with Crippen LogP contribution in [0.4, 0.5) is 0 Å². The summed E-state index contributed by atoms with van der Waals surface area (Å²) >= 11 is 0. The first-order valence-electron chi connectivity index (χ1n) is 8.68. The predicted molar refractivity (Wildman–Crippen MR) is 93.1 cm³/mol. The molecule has 0 unspecified atom stereocenters. The van der Waals surface area contributed by atoms with Gasteiger partial charge in [0.1, 0.15) is 0 Å². The molecule has 1 fully saturated rings. The first-order chi connectivity index (χ1) is 10.5. The Kier molecular flexibility index (Phi) is 7.69. The second-order valence-corrected chi connectivity index (χ2v) is 6.63. The smallest absolute Gasteiger partial charge is 0.230 e. The number of unbranched alkanes of at least 4 members (excludes halogenated alkanes) is 1. The van der Waals surface area contributed by atoms with Crippen LogP contribution in [0.25, 0.3) is 0 Å². The standard InChI is InChI=1S/C17H34N4O/c1-6-8-13-21(5)16(18-7-2)19-14-17(11-9-10-12-17)15(22)20(3)4/h6-14H2,1-5H3,(H,18,19). The second kappa shape index (κ2) is 9.01. The molecular formula is C17H34N4O. The van der Waals surface area contributed by atoms with Crippen LogP contribution in [-0.4, -0.2) is 62.4 Å². The van der Waals surface area contributed by atoms with Gasteiger partial charge in [-0.05, 0) is 26.2 Å². The van der Waals surface area contributed by atoms with Crippen molar-refractivity contribution in [2.75, 3.05) is 40.8 Å². The minimum absolute atomic E-state index is 0.237. The van der Waals surface area contributed by atoms with Crippen LogP contribution in [-0.2, 0) is 4.79 Å². The van der Waals surface area contributed by atoms with Gasteiger partial charge in [-0.15, -0.1) is 0 Å². The third-order valence-electron chi connectivity index (χ3n) is 4.50. The summed E-state index contributed by atoms with van der Waals surface area (Å²) in [6, 6.07) is 0. The maximum atomic E-state index is 12.6. The lowest BCUT2D eigenvalue weighted by Crippen LogP contribution is -2.43. The number of rotatable bonds is 7. The maximum absolute atomic E-state index is 12.6. The van der Waals surface area contributed by atoms with Crippen molar-refractivity contribution in [2.24, 2.45) is 10.4 Å². The number of nitrogens with zero attached hydrogens (tertiary/aromatic N) is 3. The van der Waals surface area contributed by atoms with E-state index in [4.69, 9.17) is 4.99 Å². The van der Waals surface area contributed by atoms with E-state index < -0.39 is 0 Å². The van der Waals surface area contributed by atoms with Gasteiger partial charge in [0.15, 0.2) is 5.96 Å². The second-order valence-electron chi connectivity index (χ2n) is 6.63. The number of hydrogen-bond donors (Lipinski definition) is 1. The number of carbonyl (C=O) groups is 1. The maximum Gasteiger partial charge on any atom is 0.230 e. The van der Waals surface area contributed by atoms with Gasteiger partial charge in [-0.25, -0.2) is 0 Å². The molecule has 22 heavy (non-hydrogen) atoms. The average molecular weight is 310 g/mol. The summed E-state index contributed by atoms with van der Waals surface area (Å²) in [4.78, 5) is 21.3. The summed E-state index contributed by atoms with van der Waals surface area (Å²) in [5, 5.41) is 3.35. The normalized spacial score (nSPS) is 17.4. The Labute approximate surface area is 136 Å². The molecule has 128 valence electrons. The van der Waals surface area contributed by atoms with Crippen molar-refractivity contribution >= 4 is 11.9 Å². The van der Waals surface area contributed by atoms with Gasteiger partial charge in [0.05, 0.1) is 12.0 Å². The zero-order valence-corrected chi connectivity index (χ0v) is 15.1. The Hall–Kier alpha value is -1.26. The molecule has 0 spiro atoms. The number of guanidine groups is 1. The first kappa shape index (κ1) is 18.8. The minimum Gasteiger partial charge on any atom is -0.357 e. The van der Waals surface area contributed by atoms with Crippen molar-refractivity contribution in [3.8, 4) is 0 Å². The van der Waals surface area contributed by atoms with E-state index in [1.807, 2.05) is 14.1 Å². The van der Waals surface area contributed by atoms with E-state index in [-0.39, 0.29) is 11.3 Å². The lowest BCUT2D eigenvalue weighted by molar-refractivity contribution is -0.138. The van der Waals surface area contributed by atoms with Gasteiger partial charge in [-0.2, -0.15) is 0 Å². The van der Waals surface area contributed by atoms with Crippen LogP contribution in [0, 0.1) is 5.41 Å². The fourth-order valence-corrected chi connectivity index (χ4v) is 3.16. The molecule has 0 aromatic rings. The summed E-state index contributed by atoms with van der Waals surface area (Å²) in [6.45, 7) is 6.73. The molecule has 5 heteroatoms. The molecule has 1 amide bonds. The molecule has 1 N–H and O–H groups in total. The van der Waals surface area contributed by atoms with Gasteiger partial charge in [-0.3, -0.25) is 9.79 Å². The number of amides is 1. The van der Waals surface area contributed by atoms with Crippen LogP contribution in [0.5, 0.6) is 0 Å². The van der Waals surface area contributed by atoms with Gasteiger partial charge in [-0.1, -0.05) is 26.2 Å². The van der Waals surface area contributed by atoms with Crippen molar-refractivity contribution in [1.29, 1.82) is 0 Å². The molecule has 0 aliphatic heterocycles. The van der Waals surface area contributed by atoms with E-state index in [0.29, 0.717) is 6.54 Å². The van der Waals surface area contributed by atoms with Crippen molar-refractivity contribution in [3.05, 3.63) is 0 Å². The van der Waals surface area contributed by atoms with Crippen LogP contribution in [0.15, 0.2) is 4.99 Å². The number of hydrogen-bond acceptors (Lipinski definition) is 2. The largest absolute Gasteiger partial charge is 0.357 e. The topological polar surface area (TPSA) is 47.9 Å². The summed E-state index contributed by atoms with van der Waals surface area (Å²) < 4.78 is 0. The molecule has 0 aromatic heterocycles. The fourth-order valence-electron chi connectivity index (χ4n) is 3.16. The van der Waals surface area contributed by atoms with Crippen molar-refractivity contribution in [1.82, 2.24) is 15.1 Å². The van der Waals surface area contributed by atoms with Gasteiger partial charge in [0.2, 0.25) is 5.91 Å². The molecule has 1 aliphatic rings. The number of carbonyl (C=O) groups excluding carboxylic acids is 1. The highest BCUT2D eigenvalue weighted by atomic mass is 16.2. The third kappa shape index (κ3) is 4.89. The molecule has 0 aromatic carbocycles. The van der Waals surface area contributed by atoms with E-state index in [9.17, 15) is 4.79 Å². The van der Waals surface area contributed by atoms with E-state index in [1.54, 1.807) is 4.90 Å². The molecule has 1 saturated carbocycles. The Balaban J connectivity index is 2.83. The molecule has 0 atom stereocenters. The highest BCUT2D eigenvalue weighted by Crippen LogP contribution is 2.39. The van der Waals surface area contributed by atoms with Crippen LogP contribution >= 0.6 is 0 Å². The lowest BCUT2D eigenvalue weighted by Gasteiger charge is -2.30. The molecule has 0 radical (unpaired) electrons. The molecule has 5 nitrogen and oxygen atoms in total. The van der Waals surface area contributed by atoms with E-state index in [2.05, 4.69) is 31.1 Å². The number of nitrogens with one attached hydrogen (secondary N) is 1. The molecule has 0 bridgehead atoms. The third-order valence-corrected chi connectivity index (χ3v) is 4.50. The SMILES string of the molecule is CCCCN(C)C(=NCC1(C(=O)N(C)C)CCCC1)NCC. The zero-order valence-electron chi connectivity index (χ0n) is 15.1. The van der Waals surface area contributed by atoms with Gasteiger partial charge < -0.3 is 15.1 Å². The summed E-state index contributed by atoms with van der Waals surface area (Å²) in [5.74, 6) is 1.16. The Morgan fingerprint density at radius 2 is 1.82 bits per heavy atom. The average Bonchev–Trinajstić information content (AvgIpc) is 2.98. The van der Waals surface area contributed by atoms with Crippen LogP contribution in [0.2, 0.25) is 0 Å².